The van der Waals surface area contributed by atoms with E-state index in [1.54, 1.807) is 0 Å². The highest BCUT2D eigenvalue weighted by Crippen LogP contribution is 2.44. The number of carbonyl (C=O) groups is 2. The molecule has 3 rings (SSSR count). The highest BCUT2D eigenvalue weighted by molar-refractivity contribution is 7.96. The minimum absolute atomic E-state index is 0.0835. The van der Waals surface area contributed by atoms with Crippen LogP contribution >= 0.6 is 12.6 Å². The molecular weight excluding hydrogens is 374 g/mol. The number of thiol groups is 1. The Morgan fingerprint density at radius 2 is 1.64 bits per heavy atom. The van der Waals surface area contributed by atoms with Crippen LogP contribution in [0.2, 0.25) is 0 Å². The van der Waals surface area contributed by atoms with Crippen molar-refractivity contribution in [3.63, 3.8) is 0 Å². The molecule has 148 valence electrons. The summed E-state index contributed by atoms with van der Waals surface area (Å²) in [6.45, 7) is 2.00. The second-order valence-corrected chi connectivity index (χ2v) is 7.56. The predicted molar refractivity (Wildman–Crippen MR) is 111 cm³/mol. The first-order valence-electron chi connectivity index (χ1n) is 9.47. The average molecular weight is 400 g/mol. The van der Waals surface area contributed by atoms with Gasteiger partial charge in [0, 0.05) is 12.0 Å². The Balaban J connectivity index is 1.77. The molecule has 0 bridgehead atoms. The van der Waals surface area contributed by atoms with Crippen LogP contribution in [0.25, 0.3) is 11.1 Å². The summed E-state index contributed by atoms with van der Waals surface area (Å²) in [6, 6.07) is 15.3. The molecule has 3 atom stereocenters. The topological polar surface area (TPSA) is 89.6 Å². The van der Waals surface area contributed by atoms with E-state index >= 15 is 0 Å². The monoisotopic (exact) mass is 399 g/mol. The van der Waals surface area contributed by atoms with Gasteiger partial charge in [-0.1, -0.05) is 61.9 Å². The highest BCUT2D eigenvalue weighted by Gasteiger charge is 2.38. The lowest BCUT2D eigenvalue weighted by Gasteiger charge is -2.24. The Labute approximate surface area is 170 Å². The molecule has 0 amide bonds. The minimum Gasteiger partial charge on any atom is -0.464 e. The van der Waals surface area contributed by atoms with E-state index in [0.29, 0.717) is 6.42 Å². The van der Waals surface area contributed by atoms with Gasteiger partial charge in [0.25, 0.3) is 0 Å². The SMILES string of the molecule is CCCC(N)C(O)C(C(=O)S)C(=O)OCC1c2ccccc2-c2ccccc21. The maximum atomic E-state index is 12.6. The molecule has 0 heterocycles. The molecule has 2 aromatic carbocycles. The normalized spacial score (nSPS) is 16.0. The summed E-state index contributed by atoms with van der Waals surface area (Å²) < 4.78 is 5.49. The van der Waals surface area contributed by atoms with E-state index in [4.69, 9.17) is 10.5 Å². The van der Waals surface area contributed by atoms with E-state index in [2.05, 4.69) is 12.6 Å². The number of carbonyl (C=O) groups excluding carboxylic acids is 2. The molecule has 28 heavy (non-hydrogen) atoms. The van der Waals surface area contributed by atoms with E-state index in [1.807, 2.05) is 55.5 Å². The van der Waals surface area contributed by atoms with Gasteiger partial charge in [-0.05, 0) is 28.7 Å². The molecule has 1 aliphatic carbocycles. The number of hydrogen-bond acceptors (Lipinski definition) is 5. The van der Waals surface area contributed by atoms with Gasteiger partial charge in [-0.25, -0.2) is 0 Å². The van der Waals surface area contributed by atoms with Gasteiger partial charge in [-0.3, -0.25) is 9.59 Å². The third-order valence-corrected chi connectivity index (χ3v) is 5.56. The first-order valence-corrected chi connectivity index (χ1v) is 9.91. The molecule has 0 spiro atoms. The largest absolute Gasteiger partial charge is 0.464 e. The van der Waals surface area contributed by atoms with Gasteiger partial charge in [0.05, 0.1) is 6.10 Å². The molecular formula is C22H25NO4S. The molecule has 5 nitrogen and oxygen atoms in total. The van der Waals surface area contributed by atoms with Crippen LogP contribution in [0.5, 0.6) is 0 Å². The van der Waals surface area contributed by atoms with Crippen LogP contribution in [-0.2, 0) is 14.3 Å². The van der Waals surface area contributed by atoms with Crippen LogP contribution in [0.15, 0.2) is 48.5 Å². The standard InChI is InChI=1S/C22H25NO4S/c1-2-7-18(23)20(24)19(22(26)28)21(25)27-12-17-15-10-5-3-8-13(15)14-9-4-6-11-16(14)17/h3-6,8-11,17-20,24H,2,7,12,23H2,1H3,(H,26,28). The number of aliphatic hydroxyl groups excluding tert-OH is 1. The van der Waals surface area contributed by atoms with Gasteiger partial charge in [0.15, 0.2) is 5.92 Å². The molecule has 3 unspecified atom stereocenters. The zero-order chi connectivity index (χ0) is 20.3. The van der Waals surface area contributed by atoms with E-state index in [1.165, 1.54) is 0 Å². The van der Waals surface area contributed by atoms with Crippen LogP contribution < -0.4 is 5.73 Å². The quantitative estimate of drug-likeness (QED) is 0.361. The number of aliphatic hydroxyl groups is 1. The minimum atomic E-state index is -1.39. The van der Waals surface area contributed by atoms with Gasteiger partial charge in [-0.2, -0.15) is 0 Å². The van der Waals surface area contributed by atoms with Gasteiger partial charge in [0.2, 0.25) is 5.12 Å². The number of benzene rings is 2. The van der Waals surface area contributed by atoms with Crippen molar-refractivity contribution in [2.45, 2.75) is 37.8 Å². The molecule has 0 radical (unpaired) electrons. The zero-order valence-electron chi connectivity index (χ0n) is 15.7. The average Bonchev–Trinajstić information content (AvgIpc) is 3.00. The van der Waals surface area contributed by atoms with Crippen LogP contribution in [0.3, 0.4) is 0 Å². The fraction of sp³-hybridized carbons (Fsp3) is 0.364. The van der Waals surface area contributed by atoms with Crippen LogP contribution in [0, 0.1) is 5.92 Å². The van der Waals surface area contributed by atoms with Crippen molar-refractivity contribution in [3.05, 3.63) is 59.7 Å². The van der Waals surface area contributed by atoms with Crippen molar-refractivity contribution in [1.29, 1.82) is 0 Å². The van der Waals surface area contributed by atoms with E-state index in [-0.39, 0.29) is 12.5 Å². The van der Waals surface area contributed by atoms with E-state index in [9.17, 15) is 14.7 Å². The van der Waals surface area contributed by atoms with Crippen molar-refractivity contribution in [3.8, 4) is 11.1 Å². The number of fused-ring (bicyclic) bond motifs is 3. The van der Waals surface area contributed by atoms with Crippen LogP contribution in [0.1, 0.15) is 36.8 Å². The number of esters is 1. The van der Waals surface area contributed by atoms with Gasteiger partial charge in [0.1, 0.15) is 6.61 Å². The molecule has 0 aromatic heterocycles. The number of ether oxygens (including phenoxy) is 1. The van der Waals surface area contributed by atoms with Gasteiger partial charge >= 0.3 is 5.97 Å². The Kier molecular flexibility index (Phi) is 6.54. The first-order chi connectivity index (χ1) is 13.5. The fourth-order valence-corrected chi connectivity index (χ4v) is 4.09. The summed E-state index contributed by atoms with van der Waals surface area (Å²) in [5.74, 6) is -2.30. The Hall–Kier alpha value is -2.15. The van der Waals surface area contributed by atoms with Crippen molar-refractivity contribution >= 4 is 23.7 Å². The Morgan fingerprint density at radius 3 is 2.14 bits per heavy atom. The molecule has 2 aromatic rings. The smallest absolute Gasteiger partial charge is 0.320 e. The van der Waals surface area contributed by atoms with Crippen molar-refractivity contribution in [2.24, 2.45) is 11.7 Å². The third-order valence-electron chi connectivity index (χ3n) is 5.28. The van der Waals surface area contributed by atoms with Crippen molar-refractivity contribution in [2.75, 3.05) is 6.61 Å². The summed E-state index contributed by atoms with van der Waals surface area (Å²) in [5, 5.41) is 9.62. The second-order valence-electron chi connectivity index (χ2n) is 7.12. The van der Waals surface area contributed by atoms with Crippen LogP contribution in [0.4, 0.5) is 0 Å². The number of hydrogen-bond donors (Lipinski definition) is 3. The molecule has 1 aliphatic rings. The Bertz CT molecular complexity index is 824. The molecule has 0 fully saturated rings. The Morgan fingerprint density at radius 1 is 1.11 bits per heavy atom. The molecule has 3 N–H and O–H groups in total. The summed E-state index contributed by atoms with van der Waals surface area (Å²) in [7, 11) is 0. The molecule has 0 saturated carbocycles. The summed E-state index contributed by atoms with van der Waals surface area (Å²) >= 11 is 3.77. The lowest BCUT2D eigenvalue weighted by Crippen LogP contribution is -2.46. The fourth-order valence-electron chi connectivity index (χ4n) is 3.83. The summed E-state index contributed by atoms with van der Waals surface area (Å²) in [4.78, 5) is 24.5. The van der Waals surface area contributed by atoms with Crippen molar-refractivity contribution in [1.82, 2.24) is 0 Å². The first kappa shape index (κ1) is 20.6. The van der Waals surface area contributed by atoms with E-state index in [0.717, 1.165) is 28.7 Å². The van der Waals surface area contributed by atoms with Gasteiger partial charge in [-0.15, -0.1) is 12.6 Å². The third kappa shape index (κ3) is 3.99. The molecule has 0 aliphatic heterocycles. The lowest BCUT2D eigenvalue weighted by atomic mass is 9.94. The maximum Gasteiger partial charge on any atom is 0.320 e. The van der Waals surface area contributed by atoms with Crippen molar-refractivity contribution < 1.29 is 19.4 Å². The highest BCUT2D eigenvalue weighted by atomic mass is 32.1. The molecule has 0 saturated heterocycles. The van der Waals surface area contributed by atoms with Gasteiger partial charge < -0.3 is 15.6 Å². The zero-order valence-corrected chi connectivity index (χ0v) is 16.6. The van der Waals surface area contributed by atoms with Crippen LogP contribution in [-0.4, -0.2) is 34.9 Å². The number of rotatable bonds is 8. The summed E-state index contributed by atoms with van der Waals surface area (Å²) in [5.41, 5.74) is 10.3. The second kappa shape index (κ2) is 8.90. The number of nitrogens with two attached hydrogens (primary N) is 1. The predicted octanol–water partition coefficient (Wildman–Crippen LogP) is 2.90. The lowest BCUT2D eigenvalue weighted by molar-refractivity contribution is -0.155. The maximum absolute atomic E-state index is 12.6. The van der Waals surface area contributed by atoms with E-state index < -0.39 is 29.1 Å². The molecule has 6 heteroatoms. The summed E-state index contributed by atoms with van der Waals surface area (Å²) in [6.07, 6.45) is -0.0909.